The van der Waals surface area contributed by atoms with E-state index in [0.29, 0.717) is 12.0 Å². The van der Waals surface area contributed by atoms with Crippen LogP contribution in [0.5, 0.6) is 0 Å². The standard InChI is InChI=1S/C14H22BrN/c1-5-11(6-2)14(16-4)12-7-8-13(15)10(3)9-12/h7-9,11,14,16H,5-6H2,1-4H3. The van der Waals surface area contributed by atoms with Crippen molar-refractivity contribution in [2.75, 3.05) is 7.05 Å². The van der Waals surface area contributed by atoms with Crippen LogP contribution in [0.3, 0.4) is 0 Å². The van der Waals surface area contributed by atoms with Gasteiger partial charge in [0.15, 0.2) is 0 Å². The molecule has 1 atom stereocenters. The van der Waals surface area contributed by atoms with E-state index in [1.165, 1.54) is 28.4 Å². The van der Waals surface area contributed by atoms with Crippen LogP contribution in [0.25, 0.3) is 0 Å². The first-order valence-electron chi connectivity index (χ1n) is 6.07. The minimum Gasteiger partial charge on any atom is -0.313 e. The summed E-state index contributed by atoms with van der Waals surface area (Å²) in [5.74, 6) is 0.713. The Morgan fingerprint density at radius 1 is 1.25 bits per heavy atom. The van der Waals surface area contributed by atoms with Gasteiger partial charge in [0.05, 0.1) is 0 Å². The number of halogens is 1. The Bertz CT molecular complexity index is 332. The predicted octanol–water partition coefficient (Wildman–Crippen LogP) is 4.45. The molecule has 1 N–H and O–H groups in total. The van der Waals surface area contributed by atoms with Crippen molar-refractivity contribution in [3.63, 3.8) is 0 Å². The maximum Gasteiger partial charge on any atom is 0.0346 e. The van der Waals surface area contributed by atoms with Crippen LogP contribution in [0, 0.1) is 12.8 Å². The molecular weight excluding hydrogens is 262 g/mol. The number of hydrogen-bond donors (Lipinski definition) is 1. The van der Waals surface area contributed by atoms with Gasteiger partial charge >= 0.3 is 0 Å². The highest BCUT2D eigenvalue weighted by Crippen LogP contribution is 2.29. The molecule has 0 saturated heterocycles. The lowest BCUT2D eigenvalue weighted by Crippen LogP contribution is -2.24. The largest absolute Gasteiger partial charge is 0.313 e. The summed E-state index contributed by atoms with van der Waals surface area (Å²) in [6.45, 7) is 6.68. The molecule has 1 aromatic rings. The van der Waals surface area contributed by atoms with E-state index in [1.807, 2.05) is 0 Å². The molecule has 1 unspecified atom stereocenters. The molecule has 0 spiro atoms. The molecule has 16 heavy (non-hydrogen) atoms. The first-order chi connectivity index (χ1) is 7.63. The maximum atomic E-state index is 3.55. The number of hydrogen-bond acceptors (Lipinski definition) is 1. The van der Waals surface area contributed by atoms with Crippen molar-refractivity contribution in [2.24, 2.45) is 5.92 Å². The molecule has 0 bridgehead atoms. The quantitative estimate of drug-likeness (QED) is 0.842. The lowest BCUT2D eigenvalue weighted by Gasteiger charge is -2.25. The number of aryl methyl sites for hydroxylation is 1. The summed E-state index contributed by atoms with van der Waals surface area (Å²) in [4.78, 5) is 0. The predicted molar refractivity (Wildman–Crippen MR) is 74.8 cm³/mol. The molecule has 0 amide bonds. The second-order valence-electron chi connectivity index (χ2n) is 4.35. The third kappa shape index (κ3) is 3.08. The molecule has 0 radical (unpaired) electrons. The summed E-state index contributed by atoms with van der Waals surface area (Å²) < 4.78 is 1.19. The van der Waals surface area contributed by atoms with Crippen LogP contribution in [-0.4, -0.2) is 7.05 Å². The van der Waals surface area contributed by atoms with Gasteiger partial charge in [-0.1, -0.05) is 54.8 Å². The van der Waals surface area contributed by atoms with E-state index < -0.39 is 0 Å². The zero-order valence-electron chi connectivity index (χ0n) is 10.7. The Hall–Kier alpha value is -0.340. The molecule has 1 nitrogen and oxygen atoms in total. The topological polar surface area (TPSA) is 12.0 Å². The Morgan fingerprint density at radius 3 is 2.31 bits per heavy atom. The van der Waals surface area contributed by atoms with Gasteiger partial charge in [-0.2, -0.15) is 0 Å². The van der Waals surface area contributed by atoms with Crippen LogP contribution >= 0.6 is 15.9 Å². The average Bonchev–Trinajstić information content (AvgIpc) is 2.29. The van der Waals surface area contributed by atoms with Crippen molar-refractivity contribution in [3.05, 3.63) is 33.8 Å². The van der Waals surface area contributed by atoms with E-state index in [9.17, 15) is 0 Å². The highest BCUT2D eigenvalue weighted by atomic mass is 79.9. The van der Waals surface area contributed by atoms with Gasteiger partial charge in [0.25, 0.3) is 0 Å². The lowest BCUT2D eigenvalue weighted by molar-refractivity contribution is 0.359. The van der Waals surface area contributed by atoms with Crippen molar-refractivity contribution in [1.29, 1.82) is 0 Å². The van der Waals surface area contributed by atoms with Gasteiger partial charge in [-0.3, -0.25) is 0 Å². The highest BCUT2D eigenvalue weighted by molar-refractivity contribution is 9.10. The third-order valence-electron chi connectivity index (χ3n) is 3.37. The molecule has 0 aliphatic carbocycles. The fourth-order valence-corrected chi connectivity index (χ4v) is 2.54. The number of nitrogens with one attached hydrogen (secondary N) is 1. The van der Waals surface area contributed by atoms with E-state index in [1.54, 1.807) is 0 Å². The number of benzene rings is 1. The summed E-state index contributed by atoms with van der Waals surface area (Å²) >= 11 is 3.55. The molecule has 1 aromatic carbocycles. The van der Waals surface area contributed by atoms with E-state index in [4.69, 9.17) is 0 Å². The van der Waals surface area contributed by atoms with Crippen LogP contribution in [0.15, 0.2) is 22.7 Å². The summed E-state index contributed by atoms with van der Waals surface area (Å²) in [6, 6.07) is 7.12. The molecule has 0 saturated carbocycles. The molecule has 90 valence electrons. The van der Waals surface area contributed by atoms with E-state index in [2.05, 4.69) is 67.3 Å². The second kappa shape index (κ2) is 6.41. The number of rotatable bonds is 5. The van der Waals surface area contributed by atoms with Crippen LogP contribution in [0.4, 0.5) is 0 Å². The van der Waals surface area contributed by atoms with Crippen molar-refractivity contribution in [1.82, 2.24) is 5.32 Å². The highest BCUT2D eigenvalue weighted by Gasteiger charge is 2.18. The van der Waals surface area contributed by atoms with Gasteiger partial charge in [0.1, 0.15) is 0 Å². The van der Waals surface area contributed by atoms with Gasteiger partial charge in [0.2, 0.25) is 0 Å². The second-order valence-corrected chi connectivity index (χ2v) is 5.21. The van der Waals surface area contributed by atoms with Crippen molar-refractivity contribution >= 4 is 15.9 Å². The first kappa shape index (κ1) is 13.7. The van der Waals surface area contributed by atoms with E-state index in [-0.39, 0.29) is 0 Å². The van der Waals surface area contributed by atoms with Gasteiger partial charge in [0, 0.05) is 10.5 Å². The molecule has 0 heterocycles. The van der Waals surface area contributed by atoms with E-state index >= 15 is 0 Å². The molecule has 0 aliphatic heterocycles. The Kier molecular flexibility index (Phi) is 5.50. The summed E-state index contributed by atoms with van der Waals surface area (Å²) in [5, 5.41) is 3.45. The fourth-order valence-electron chi connectivity index (χ4n) is 2.30. The van der Waals surface area contributed by atoms with Crippen LogP contribution < -0.4 is 5.32 Å². The van der Waals surface area contributed by atoms with Gasteiger partial charge in [-0.05, 0) is 37.1 Å². The Balaban J connectivity index is 2.98. The van der Waals surface area contributed by atoms with Crippen molar-refractivity contribution < 1.29 is 0 Å². The summed E-state index contributed by atoms with van der Waals surface area (Å²) in [6.07, 6.45) is 2.44. The minimum atomic E-state index is 0.474. The van der Waals surface area contributed by atoms with Crippen molar-refractivity contribution in [3.8, 4) is 0 Å². The molecule has 0 fully saturated rings. The summed E-state index contributed by atoms with van der Waals surface area (Å²) in [5.41, 5.74) is 2.71. The van der Waals surface area contributed by atoms with Gasteiger partial charge in [-0.25, -0.2) is 0 Å². The van der Waals surface area contributed by atoms with Crippen LogP contribution in [0.1, 0.15) is 43.9 Å². The molecule has 0 aromatic heterocycles. The lowest BCUT2D eigenvalue weighted by atomic mass is 9.88. The Labute approximate surface area is 108 Å². The average molecular weight is 284 g/mol. The van der Waals surface area contributed by atoms with Gasteiger partial charge in [-0.15, -0.1) is 0 Å². The maximum absolute atomic E-state index is 3.55. The third-order valence-corrected chi connectivity index (χ3v) is 4.26. The normalized spacial score (nSPS) is 13.1. The van der Waals surface area contributed by atoms with Crippen molar-refractivity contribution in [2.45, 2.75) is 39.7 Å². The summed E-state index contributed by atoms with van der Waals surface area (Å²) in [7, 11) is 2.06. The minimum absolute atomic E-state index is 0.474. The van der Waals surface area contributed by atoms with E-state index in [0.717, 1.165) is 0 Å². The SMILES string of the molecule is CCC(CC)C(NC)c1ccc(Br)c(C)c1. The van der Waals surface area contributed by atoms with Gasteiger partial charge < -0.3 is 5.32 Å². The monoisotopic (exact) mass is 283 g/mol. The zero-order valence-corrected chi connectivity index (χ0v) is 12.3. The molecular formula is C14H22BrN. The smallest absolute Gasteiger partial charge is 0.0346 e. The van der Waals surface area contributed by atoms with Crippen LogP contribution in [0.2, 0.25) is 0 Å². The Morgan fingerprint density at radius 2 is 1.88 bits per heavy atom. The first-order valence-corrected chi connectivity index (χ1v) is 6.86. The molecule has 1 rings (SSSR count). The fraction of sp³-hybridized carbons (Fsp3) is 0.571. The zero-order chi connectivity index (χ0) is 12.1. The van der Waals surface area contributed by atoms with Crippen LogP contribution in [-0.2, 0) is 0 Å². The molecule has 2 heteroatoms. The molecule has 0 aliphatic rings.